The number of rotatable bonds is 3. The molecule has 0 radical (unpaired) electrons. The van der Waals surface area contributed by atoms with Crippen LogP contribution < -0.4 is 4.52 Å². The van der Waals surface area contributed by atoms with Gasteiger partial charge < -0.3 is 9.05 Å². The van der Waals surface area contributed by atoms with Crippen molar-refractivity contribution in [1.29, 1.82) is 0 Å². The van der Waals surface area contributed by atoms with Crippen LogP contribution in [0, 0.1) is 0 Å². The van der Waals surface area contributed by atoms with E-state index in [1.165, 1.54) is 0 Å². The van der Waals surface area contributed by atoms with E-state index in [0.29, 0.717) is 12.1 Å². The van der Waals surface area contributed by atoms with Crippen molar-refractivity contribution in [1.82, 2.24) is 4.67 Å². The van der Waals surface area contributed by atoms with E-state index in [1.807, 2.05) is 18.2 Å². The second-order valence-corrected chi connectivity index (χ2v) is 6.51. The van der Waals surface area contributed by atoms with Crippen LogP contribution in [-0.2, 0) is 4.52 Å². The minimum Gasteiger partial charge on any atom is -0.435 e. The van der Waals surface area contributed by atoms with Gasteiger partial charge in [-0.15, -0.1) is 0 Å². The Balaban J connectivity index is 2.24. The van der Waals surface area contributed by atoms with Crippen LogP contribution in [0.3, 0.4) is 0 Å². The molecular weight excluding hydrogens is 245 g/mol. The summed E-state index contributed by atoms with van der Waals surface area (Å²) < 4.78 is 14.4. The highest BCUT2D eigenvalue weighted by molar-refractivity contribution is 7.45. The average Bonchev–Trinajstić information content (AvgIpc) is 2.28. The monoisotopic (exact) mass is 267 g/mol. The molecule has 1 aliphatic rings. The zero-order valence-corrected chi connectivity index (χ0v) is 12.6. The standard InChI is InChI=1S/C14H22NO2P/c1-10(2)15(11(3)4)18-16-12(5)13-8-6-7-9-14(13)17-18/h6-12H,1-5H3/t12-,18?/m1/s1. The maximum absolute atomic E-state index is 6.07. The highest BCUT2D eigenvalue weighted by atomic mass is 31.2. The first-order chi connectivity index (χ1) is 8.50. The first-order valence-corrected chi connectivity index (χ1v) is 7.65. The fourth-order valence-corrected chi connectivity index (χ4v) is 3.99. The molecule has 3 nitrogen and oxygen atoms in total. The summed E-state index contributed by atoms with van der Waals surface area (Å²) in [7, 11) is -1.01. The van der Waals surface area contributed by atoms with E-state index in [9.17, 15) is 0 Å². The van der Waals surface area contributed by atoms with Crippen molar-refractivity contribution in [3.05, 3.63) is 29.8 Å². The van der Waals surface area contributed by atoms with Gasteiger partial charge in [-0.2, -0.15) is 0 Å². The number of fused-ring (bicyclic) bond motifs is 1. The second-order valence-electron chi connectivity index (χ2n) is 5.18. The van der Waals surface area contributed by atoms with Crippen molar-refractivity contribution in [3.8, 4) is 5.75 Å². The van der Waals surface area contributed by atoms with Crippen molar-refractivity contribution < 1.29 is 9.05 Å². The molecule has 1 unspecified atom stereocenters. The molecule has 0 amide bonds. The van der Waals surface area contributed by atoms with Gasteiger partial charge in [0, 0.05) is 17.6 Å². The summed E-state index contributed by atoms with van der Waals surface area (Å²) in [5, 5.41) is 0. The Kier molecular flexibility index (Phi) is 4.26. The number of nitrogens with zero attached hydrogens (tertiary/aromatic N) is 1. The number of hydrogen-bond acceptors (Lipinski definition) is 3. The van der Waals surface area contributed by atoms with Crippen LogP contribution in [0.2, 0.25) is 0 Å². The van der Waals surface area contributed by atoms with Gasteiger partial charge in [-0.05, 0) is 40.7 Å². The van der Waals surface area contributed by atoms with Gasteiger partial charge in [0.1, 0.15) is 5.75 Å². The molecule has 1 aromatic rings. The van der Waals surface area contributed by atoms with Gasteiger partial charge in [0.15, 0.2) is 0 Å². The van der Waals surface area contributed by atoms with Gasteiger partial charge in [0.2, 0.25) is 0 Å². The van der Waals surface area contributed by atoms with Crippen LogP contribution in [0.15, 0.2) is 24.3 Å². The Hall–Kier alpha value is -0.630. The van der Waals surface area contributed by atoms with E-state index in [4.69, 9.17) is 9.05 Å². The molecule has 2 atom stereocenters. The molecule has 0 saturated heterocycles. The Morgan fingerprint density at radius 3 is 2.33 bits per heavy atom. The largest absolute Gasteiger partial charge is 0.435 e. The molecule has 100 valence electrons. The van der Waals surface area contributed by atoms with Crippen molar-refractivity contribution in [2.75, 3.05) is 0 Å². The third-order valence-electron chi connectivity index (χ3n) is 3.03. The van der Waals surface area contributed by atoms with E-state index >= 15 is 0 Å². The van der Waals surface area contributed by atoms with E-state index in [0.717, 1.165) is 11.3 Å². The van der Waals surface area contributed by atoms with Gasteiger partial charge in [0.05, 0.1) is 6.10 Å². The number of hydrogen-bond donors (Lipinski definition) is 0. The molecule has 4 heteroatoms. The van der Waals surface area contributed by atoms with Gasteiger partial charge in [-0.25, -0.2) is 4.67 Å². The first kappa shape index (κ1) is 13.8. The van der Waals surface area contributed by atoms with E-state index < -0.39 is 8.53 Å². The van der Waals surface area contributed by atoms with Crippen LogP contribution in [0.25, 0.3) is 0 Å². The lowest BCUT2D eigenvalue weighted by Crippen LogP contribution is -2.35. The summed E-state index contributed by atoms with van der Waals surface area (Å²) in [4.78, 5) is 0. The third kappa shape index (κ3) is 2.69. The molecule has 0 fully saturated rings. The molecule has 0 aromatic heterocycles. The van der Waals surface area contributed by atoms with E-state index in [-0.39, 0.29) is 6.10 Å². The lowest BCUT2D eigenvalue weighted by Gasteiger charge is -2.39. The minimum absolute atomic E-state index is 0.0982. The van der Waals surface area contributed by atoms with Crippen LogP contribution in [0.5, 0.6) is 5.75 Å². The Morgan fingerprint density at radius 1 is 1.11 bits per heavy atom. The smallest absolute Gasteiger partial charge is 0.322 e. The van der Waals surface area contributed by atoms with Crippen molar-refractivity contribution in [2.24, 2.45) is 0 Å². The highest BCUT2D eigenvalue weighted by Gasteiger charge is 2.34. The molecule has 0 bridgehead atoms. The first-order valence-electron chi connectivity index (χ1n) is 6.52. The van der Waals surface area contributed by atoms with Crippen LogP contribution in [-0.4, -0.2) is 16.8 Å². The lowest BCUT2D eigenvalue weighted by molar-refractivity contribution is 0.155. The summed E-state index contributed by atoms with van der Waals surface area (Å²) in [6.45, 7) is 10.8. The number of para-hydroxylation sites is 1. The zero-order valence-electron chi connectivity index (χ0n) is 11.8. The molecule has 0 N–H and O–H groups in total. The lowest BCUT2D eigenvalue weighted by atomic mass is 10.1. The molecule has 0 spiro atoms. The van der Waals surface area contributed by atoms with Crippen molar-refractivity contribution >= 4 is 8.53 Å². The molecule has 1 aliphatic heterocycles. The molecule has 2 rings (SSSR count). The van der Waals surface area contributed by atoms with Crippen LogP contribution in [0.4, 0.5) is 0 Å². The quantitative estimate of drug-likeness (QED) is 0.752. The molecular formula is C14H22NO2P. The minimum atomic E-state index is -1.01. The average molecular weight is 267 g/mol. The fraction of sp³-hybridized carbons (Fsp3) is 0.571. The Bertz CT molecular complexity index is 401. The third-order valence-corrected chi connectivity index (χ3v) is 5.18. The Morgan fingerprint density at radius 2 is 1.72 bits per heavy atom. The predicted octanol–water partition coefficient (Wildman–Crippen LogP) is 4.50. The van der Waals surface area contributed by atoms with Crippen molar-refractivity contribution in [2.45, 2.75) is 52.8 Å². The van der Waals surface area contributed by atoms with Crippen LogP contribution >= 0.6 is 8.53 Å². The molecule has 0 saturated carbocycles. The molecule has 0 aliphatic carbocycles. The molecule has 1 aromatic carbocycles. The van der Waals surface area contributed by atoms with Crippen LogP contribution in [0.1, 0.15) is 46.3 Å². The number of benzene rings is 1. The topological polar surface area (TPSA) is 21.7 Å². The summed E-state index contributed by atoms with van der Waals surface area (Å²) in [6, 6.07) is 8.96. The van der Waals surface area contributed by atoms with Gasteiger partial charge in [-0.3, -0.25) is 0 Å². The summed E-state index contributed by atoms with van der Waals surface area (Å²) >= 11 is 0. The molecule has 18 heavy (non-hydrogen) atoms. The van der Waals surface area contributed by atoms with Gasteiger partial charge in [-0.1, -0.05) is 18.2 Å². The SMILES string of the molecule is CC(C)N(C(C)C)P1Oc2ccccc2[C@@H](C)O1. The van der Waals surface area contributed by atoms with Gasteiger partial charge in [0.25, 0.3) is 0 Å². The summed E-state index contributed by atoms with van der Waals surface area (Å²) in [5.74, 6) is 0.966. The van der Waals surface area contributed by atoms with Gasteiger partial charge >= 0.3 is 8.53 Å². The maximum atomic E-state index is 6.07. The normalized spacial score (nSPS) is 23.3. The Labute approximate surface area is 111 Å². The highest BCUT2D eigenvalue weighted by Crippen LogP contribution is 2.54. The van der Waals surface area contributed by atoms with E-state index in [2.05, 4.69) is 45.4 Å². The van der Waals surface area contributed by atoms with E-state index in [1.54, 1.807) is 0 Å². The summed E-state index contributed by atoms with van der Waals surface area (Å²) in [6.07, 6.45) is 0.0982. The zero-order chi connectivity index (χ0) is 13.3. The predicted molar refractivity (Wildman–Crippen MR) is 75.6 cm³/mol. The maximum Gasteiger partial charge on any atom is 0.322 e. The second kappa shape index (κ2) is 5.56. The molecule has 1 heterocycles. The van der Waals surface area contributed by atoms with Crippen molar-refractivity contribution in [3.63, 3.8) is 0 Å². The fourth-order valence-electron chi connectivity index (χ4n) is 2.27. The summed E-state index contributed by atoms with van der Waals surface area (Å²) in [5.41, 5.74) is 1.14.